The topological polar surface area (TPSA) is 37.3 Å². The second-order valence-electron chi connectivity index (χ2n) is 1.07. The van der Waals surface area contributed by atoms with Crippen LogP contribution in [-0.2, 0) is 4.79 Å². The Bertz CT molecular complexity index is 76.4. The van der Waals surface area contributed by atoms with Gasteiger partial charge in [-0.1, -0.05) is 11.8 Å². The zero-order chi connectivity index (χ0) is 6.41. The van der Waals surface area contributed by atoms with Crippen molar-refractivity contribution in [1.82, 2.24) is 0 Å². The van der Waals surface area contributed by atoms with E-state index in [0.29, 0.717) is 11.6 Å². The van der Waals surface area contributed by atoms with Crippen LogP contribution in [0, 0.1) is 0 Å². The van der Waals surface area contributed by atoms with E-state index in [1.165, 1.54) is 0 Å². The van der Waals surface area contributed by atoms with Crippen molar-refractivity contribution in [2.45, 2.75) is 0 Å². The van der Waals surface area contributed by atoms with Crippen molar-refractivity contribution in [3.63, 3.8) is 0 Å². The molecule has 0 amide bonds. The van der Waals surface area contributed by atoms with Crippen molar-refractivity contribution in [3.05, 3.63) is 0 Å². The predicted octanol–water partition coefficient (Wildman–Crippen LogP) is 0.477. The van der Waals surface area contributed by atoms with Crippen LogP contribution in [0.4, 0.5) is 0 Å². The van der Waals surface area contributed by atoms with Crippen molar-refractivity contribution in [2.24, 2.45) is 0 Å². The zero-order valence-corrected chi connectivity index (χ0v) is 5.84. The van der Waals surface area contributed by atoms with Gasteiger partial charge in [0.1, 0.15) is 6.61 Å². The Labute approximate surface area is 57.2 Å². The molecule has 0 aliphatic heterocycles. The van der Waals surface area contributed by atoms with Gasteiger partial charge in [0.25, 0.3) is 0 Å². The van der Waals surface area contributed by atoms with Crippen LogP contribution in [0.1, 0.15) is 0 Å². The van der Waals surface area contributed by atoms with E-state index in [0.717, 1.165) is 11.8 Å². The van der Waals surface area contributed by atoms with Gasteiger partial charge < -0.3 is 5.11 Å². The maximum atomic E-state index is 10.2. The van der Waals surface area contributed by atoms with Crippen LogP contribution in [0.25, 0.3) is 0 Å². The van der Waals surface area contributed by atoms with Crippen molar-refractivity contribution in [2.75, 3.05) is 18.2 Å². The normalized spacial score (nSPS) is 9.25. The Hall–Kier alpha value is 0.270. The third-order valence-electron chi connectivity index (χ3n) is 0.469. The summed E-state index contributed by atoms with van der Waals surface area (Å²) in [6.45, 7) is -0.387. The number of carbonyl (C=O) groups is 1. The van der Waals surface area contributed by atoms with Gasteiger partial charge in [-0.3, -0.25) is 4.79 Å². The van der Waals surface area contributed by atoms with E-state index in [4.69, 9.17) is 16.7 Å². The van der Waals surface area contributed by atoms with Crippen molar-refractivity contribution < 1.29 is 9.90 Å². The van der Waals surface area contributed by atoms with Gasteiger partial charge in [-0.05, 0) is 0 Å². The molecule has 2 nitrogen and oxygen atoms in total. The first kappa shape index (κ1) is 8.27. The monoisotopic (exact) mass is 154 g/mol. The molecular weight excluding hydrogens is 148 g/mol. The molecule has 0 spiro atoms. The van der Waals surface area contributed by atoms with E-state index in [9.17, 15) is 4.79 Å². The van der Waals surface area contributed by atoms with E-state index in [2.05, 4.69) is 0 Å². The molecule has 0 aliphatic carbocycles. The highest BCUT2D eigenvalue weighted by Crippen LogP contribution is 2.00. The van der Waals surface area contributed by atoms with Crippen LogP contribution in [-0.4, -0.2) is 28.5 Å². The number of thioether (sulfide) groups is 1. The lowest BCUT2D eigenvalue weighted by Gasteiger charge is -1.89. The summed E-state index contributed by atoms with van der Waals surface area (Å²) in [5.41, 5.74) is 0. The maximum Gasteiger partial charge on any atom is 0.214 e. The molecular formula is C4H7ClO2S. The highest BCUT2D eigenvalue weighted by Gasteiger charge is 1.96. The summed E-state index contributed by atoms with van der Waals surface area (Å²) in [6.07, 6.45) is 0. The molecule has 8 heavy (non-hydrogen) atoms. The summed E-state index contributed by atoms with van der Waals surface area (Å²) in [7, 11) is 0. The number of aliphatic hydroxyl groups excluding tert-OH is 1. The minimum Gasteiger partial charge on any atom is -0.388 e. The van der Waals surface area contributed by atoms with Crippen LogP contribution in [0.5, 0.6) is 0 Å². The SMILES string of the molecule is O=C(CO)SCCCl. The fraction of sp³-hybridized carbons (Fsp3) is 0.750. The van der Waals surface area contributed by atoms with Crippen LogP contribution < -0.4 is 0 Å². The Kier molecular flexibility index (Phi) is 5.59. The van der Waals surface area contributed by atoms with Gasteiger partial charge in [0.05, 0.1) is 0 Å². The van der Waals surface area contributed by atoms with Gasteiger partial charge in [-0.25, -0.2) is 0 Å². The Morgan fingerprint density at radius 3 is 2.75 bits per heavy atom. The molecule has 0 atom stereocenters. The quantitative estimate of drug-likeness (QED) is 0.601. The molecule has 0 heterocycles. The first-order valence-corrected chi connectivity index (χ1v) is 3.65. The second-order valence-corrected chi connectivity index (χ2v) is 2.60. The number of hydrogen-bond donors (Lipinski definition) is 1. The molecule has 0 unspecified atom stereocenters. The van der Waals surface area contributed by atoms with Crippen molar-refractivity contribution >= 4 is 28.5 Å². The van der Waals surface area contributed by atoms with E-state index in [-0.39, 0.29) is 11.7 Å². The highest BCUT2D eigenvalue weighted by atomic mass is 35.5. The third kappa shape index (κ3) is 4.43. The predicted molar refractivity (Wildman–Crippen MR) is 35.3 cm³/mol. The number of hydrogen-bond acceptors (Lipinski definition) is 3. The maximum absolute atomic E-state index is 10.2. The Morgan fingerprint density at radius 2 is 2.38 bits per heavy atom. The average molecular weight is 155 g/mol. The van der Waals surface area contributed by atoms with Gasteiger partial charge in [0.15, 0.2) is 0 Å². The largest absolute Gasteiger partial charge is 0.388 e. The van der Waals surface area contributed by atoms with Gasteiger partial charge in [0.2, 0.25) is 5.12 Å². The minimum atomic E-state index is -0.387. The number of halogens is 1. The molecule has 0 aromatic carbocycles. The molecule has 0 aromatic rings. The molecule has 0 radical (unpaired) electrons. The summed E-state index contributed by atoms with van der Waals surface area (Å²) in [5, 5.41) is 7.93. The first-order chi connectivity index (χ1) is 3.81. The standard InChI is InChI=1S/C4H7ClO2S/c5-1-2-8-4(7)3-6/h6H,1-3H2. The van der Waals surface area contributed by atoms with Crippen LogP contribution in [0.2, 0.25) is 0 Å². The number of aliphatic hydroxyl groups is 1. The lowest BCUT2D eigenvalue weighted by Crippen LogP contribution is -1.98. The summed E-state index contributed by atoms with van der Waals surface area (Å²) in [6, 6.07) is 0. The first-order valence-electron chi connectivity index (χ1n) is 2.13. The zero-order valence-electron chi connectivity index (χ0n) is 4.26. The van der Waals surface area contributed by atoms with Gasteiger partial charge in [-0.2, -0.15) is 0 Å². The minimum absolute atomic E-state index is 0.217. The Balaban J connectivity index is 2.99. The van der Waals surface area contributed by atoms with Crippen LogP contribution >= 0.6 is 23.4 Å². The van der Waals surface area contributed by atoms with Crippen LogP contribution in [0.3, 0.4) is 0 Å². The number of carbonyl (C=O) groups excluding carboxylic acids is 1. The van der Waals surface area contributed by atoms with Crippen molar-refractivity contribution in [3.8, 4) is 0 Å². The molecule has 0 saturated heterocycles. The molecule has 48 valence electrons. The molecule has 0 rings (SSSR count). The highest BCUT2D eigenvalue weighted by molar-refractivity contribution is 8.13. The second kappa shape index (κ2) is 5.41. The van der Waals surface area contributed by atoms with E-state index in [1.54, 1.807) is 0 Å². The van der Waals surface area contributed by atoms with Gasteiger partial charge in [-0.15, -0.1) is 11.6 Å². The van der Waals surface area contributed by atoms with Gasteiger partial charge >= 0.3 is 0 Å². The van der Waals surface area contributed by atoms with E-state index in [1.807, 2.05) is 0 Å². The summed E-state index contributed by atoms with van der Waals surface area (Å²) in [5.74, 6) is 1.04. The molecule has 0 aromatic heterocycles. The average Bonchev–Trinajstić information content (AvgIpc) is 1.83. The molecule has 0 aliphatic rings. The van der Waals surface area contributed by atoms with Crippen molar-refractivity contribution in [1.29, 1.82) is 0 Å². The summed E-state index contributed by atoms with van der Waals surface area (Å²) in [4.78, 5) is 10.2. The molecule has 4 heteroatoms. The van der Waals surface area contributed by atoms with Gasteiger partial charge in [0, 0.05) is 11.6 Å². The van der Waals surface area contributed by atoms with E-state index >= 15 is 0 Å². The molecule has 0 saturated carbocycles. The third-order valence-corrected chi connectivity index (χ3v) is 1.74. The Morgan fingerprint density at radius 1 is 1.75 bits per heavy atom. The number of alkyl halides is 1. The smallest absolute Gasteiger partial charge is 0.214 e. The summed E-state index contributed by atoms with van der Waals surface area (Å²) >= 11 is 6.30. The molecule has 1 N–H and O–H groups in total. The summed E-state index contributed by atoms with van der Waals surface area (Å²) < 4.78 is 0. The van der Waals surface area contributed by atoms with E-state index < -0.39 is 0 Å². The fourth-order valence-electron chi connectivity index (χ4n) is 0.198. The molecule has 0 bridgehead atoms. The lowest BCUT2D eigenvalue weighted by molar-refractivity contribution is -0.113. The fourth-order valence-corrected chi connectivity index (χ4v) is 0.826. The van der Waals surface area contributed by atoms with Crippen LogP contribution in [0.15, 0.2) is 0 Å². The lowest BCUT2D eigenvalue weighted by atomic mass is 10.8. The molecule has 0 fully saturated rings. The number of rotatable bonds is 3.